The van der Waals surface area contributed by atoms with Crippen molar-refractivity contribution in [3.8, 4) is 0 Å². The second-order valence-corrected chi connectivity index (χ2v) is 6.31. The van der Waals surface area contributed by atoms with Gasteiger partial charge in [-0.25, -0.2) is 8.42 Å². The highest BCUT2D eigenvalue weighted by Crippen LogP contribution is 2.30. The van der Waals surface area contributed by atoms with Gasteiger partial charge in [0, 0.05) is 12.6 Å². The smallest absolute Gasteiger partial charge is 0.212 e. The molecule has 0 bridgehead atoms. The molecule has 0 unspecified atom stereocenters. The molecule has 0 heterocycles. The van der Waals surface area contributed by atoms with Crippen LogP contribution in [0.5, 0.6) is 0 Å². The van der Waals surface area contributed by atoms with Crippen molar-refractivity contribution >= 4 is 10.0 Å². The molecule has 4 heteroatoms. The van der Waals surface area contributed by atoms with Crippen LogP contribution in [0.25, 0.3) is 0 Å². The molecule has 3 nitrogen and oxygen atoms in total. The summed E-state index contributed by atoms with van der Waals surface area (Å²) in [5.74, 6) is 0.651. The Bertz CT molecular complexity index is 255. The van der Waals surface area contributed by atoms with Gasteiger partial charge in [0.25, 0.3) is 0 Å². The van der Waals surface area contributed by atoms with Gasteiger partial charge in [0.1, 0.15) is 0 Å². The zero-order chi connectivity index (χ0) is 10.1. The van der Waals surface area contributed by atoms with E-state index in [2.05, 4.69) is 13.8 Å². The van der Waals surface area contributed by atoms with Gasteiger partial charge in [0.2, 0.25) is 10.0 Å². The highest BCUT2D eigenvalue weighted by Gasteiger charge is 2.36. The normalized spacial score (nSPS) is 18.5. The van der Waals surface area contributed by atoms with Crippen molar-refractivity contribution in [2.45, 2.75) is 39.7 Å². The van der Waals surface area contributed by atoms with Crippen LogP contribution in [0, 0.1) is 5.92 Å². The summed E-state index contributed by atoms with van der Waals surface area (Å²) < 4.78 is 25.0. The lowest BCUT2D eigenvalue weighted by molar-refractivity contribution is 0.360. The number of nitrogens with zero attached hydrogens (tertiary/aromatic N) is 1. The molecule has 0 aromatic carbocycles. The van der Waals surface area contributed by atoms with E-state index in [1.807, 2.05) is 0 Å². The maximum absolute atomic E-state index is 11.6. The van der Waals surface area contributed by atoms with Crippen molar-refractivity contribution in [2.75, 3.05) is 12.3 Å². The van der Waals surface area contributed by atoms with E-state index < -0.39 is 10.0 Å². The molecule has 1 aliphatic rings. The first-order valence-corrected chi connectivity index (χ1v) is 6.57. The van der Waals surface area contributed by atoms with Crippen LogP contribution in [0.3, 0.4) is 0 Å². The quantitative estimate of drug-likeness (QED) is 0.681. The maximum atomic E-state index is 11.6. The van der Waals surface area contributed by atoms with Gasteiger partial charge < -0.3 is 0 Å². The minimum atomic E-state index is -2.96. The molecule has 0 N–H and O–H groups in total. The zero-order valence-electron chi connectivity index (χ0n) is 8.66. The Balaban J connectivity index is 2.67. The van der Waals surface area contributed by atoms with Gasteiger partial charge >= 0.3 is 0 Å². The summed E-state index contributed by atoms with van der Waals surface area (Å²) in [6.45, 7) is 6.51. The van der Waals surface area contributed by atoms with Crippen LogP contribution in [0.1, 0.15) is 33.6 Å². The molecule has 0 atom stereocenters. The highest BCUT2D eigenvalue weighted by atomic mass is 32.2. The van der Waals surface area contributed by atoms with Gasteiger partial charge in [-0.1, -0.05) is 13.8 Å². The van der Waals surface area contributed by atoms with E-state index in [0.717, 1.165) is 12.8 Å². The third-order valence-corrected chi connectivity index (χ3v) is 4.11. The van der Waals surface area contributed by atoms with Crippen molar-refractivity contribution in [3.05, 3.63) is 0 Å². The van der Waals surface area contributed by atoms with Gasteiger partial charge in [0.05, 0.1) is 5.75 Å². The molecule has 0 aromatic rings. The molecule has 0 spiro atoms. The maximum Gasteiger partial charge on any atom is 0.214 e. The molecule has 78 valence electrons. The lowest BCUT2D eigenvalue weighted by Crippen LogP contribution is -2.37. The van der Waals surface area contributed by atoms with Gasteiger partial charge in [-0.2, -0.15) is 4.31 Å². The summed E-state index contributed by atoms with van der Waals surface area (Å²) in [5, 5.41) is 0. The molecule has 1 fully saturated rings. The monoisotopic (exact) mass is 205 g/mol. The Kier molecular flexibility index (Phi) is 3.35. The molecular formula is C9H19NO2S. The van der Waals surface area contributed by atoms with E-state index in [1.165, 1.54) is 0 Å². The molecule has 0 aliphatic heterocycles. The molecule has 13 heavy (non-hydrogen) atoms. The van der Waals surface area contributed by atoms with Crippen molar-refractivity contribution in [3.63, 3.8) is 0 Å². The Labute approximate surface area is 81.2 Å². The van der Waals surface area contributed by atoms with Gasteiger partial charge in [0.15, 0.2) is 0 Å². The summed E-state index contributed by atoms with van der Waals surface area (Å²) in [6.07, 6.45) is 2.10. The Morgan fingerprint density at radius 1 is 1.38 bits per heavy atom. The first kappa shape index (κ1) is 11.0. The van der Waals surface area contributed by atoms with Crippen LogP contribution in [0.4, 0.5) is 0 Å². The van der Waals surface area contributed by atoms with E-state index in [0.29, 0.717) is 18.5 Å². The second-order valence-electron chi connectivity index (χ2n) is 4.10. The number of hydrogen-bond acceptors (Lipinski definition) is 2. The summed E-state index contributed by atoms with van der Waals surface area (Å²) in [5.41, 5.74) is 0. The minimum Gasteiger partial charge on any atom is -0.212 e. The average Bonchev–Trinajstić information content (AvgIpc) is 2.82. The lowest BCUT2D eigenvalue weighted by Gasteiger charge is -2.22. The van der Waals surface area contributed by atoms with Crippen LogP contribution in [0.2, 0.25) is 0 Å². The lowest BCUT2D eigenvalue weighted by atomic mass is 10.2. The second kappa shape index (κ2) is 3.96. The summed E-state index contributed by atoms with van der Waals surface area (Å²) >= 11 is 0. The van der Waals surface area contributed by atoms with Gasteiger partial charge in [-0.3, -0.25) is 0 Å². The standard InChI is InChI=1S/C9H19NO2S/c1-4-13(11,12)10(7-8(2)3)9-5-6-9/h8-9H,4-7H2,1-3H3. The van der Waals surface area contributed by atoms with Crippen LogP contribution in [-0.4, -0.2) is 31.1 Å². The van der Waals surface area contributed by atoms with Crippen molar-refractivity contribution in [1.29, 1.82) is 0 Å². The SMILES string of the molecule is CCS(=O)(=O)N(CC(C)C)C1CC1. The minimum absolute atomic E-state index is 0.232. The van der Waals surface area contributed by atoms with Gasteiger partial charge in [-0.05, 0) is 25.7 Å². The fraction of sp³-hybridized carbons (Fsp3) is 1.00. The average molecular weight is 205 g/mol. The fourth-order valence-corrected chi connectivity index (χ4v) is 2.90. The van der Waals surface area contributed by atoms with Crippen LogP contribution in [-0.2, 0) is 10.0 Å². The van der Waals surface area contributed by atoms with Crippen LogP contribution in [0.15, 0.2) is 0 Å². The summed E-state index contributed by atoms with van der Waals surface area (Å²) in [4.78, 5) is 0. The predicted octanol–water partition coefficient (Wildman–Crippen LogP) is 1.46. The van der Waals surface area contributed by atoms with Gasteiger partial charge in [-0.15, -0.1) is 0 Å². The first-order valence-electron chi connectivity index (χ1n) is 4.97. The van der Waals surface area contributed by atoms with E-state index in [1.54, 1.807) is 11.2 Å². The Morgan fingerprint density at radius 3 is 2.23 bits per heavy atom. The van der Waals surface area contributed by atoms with Crippen molar-refractivity contribution < 1.29 is 8.42 Å². The molecular weight excluding hydrogens is 186 g/mol. The predicted molar refractivity (Wildman–Crippen MR) is 54.0 cm³/mol. The van der Waals surface area contributed by atoms with E-state index in [4.69, 9.17) is 0 Å². The fourth-order valence-electron chi connectivity index (χ4n) is 1.38. The van der Waals surface area contributed by atoms with E-state index in [9.17, 15) is 8.42 Å². The van der Waals surface area contributed by atoms with Crippen molar-refractivity contribution in [2.24, 2.45) is 5.92 Å². The zero-order valence-corrected chi connectivity index (χ0v) is 9.47. The Hall–Kier alpha value is -0.0900. The number of rotatable bonds is 5. The molecule has 0 aromatic heterocycles. The topological polar surface area (TPSA) is 37.4 Å². The molecule has 1 aliphatic carbocycles. The van der Waals surface area contributed by atoms with Crippen molar-refractivity contribution in [1.82, 2.24) is 4.31 Å². The van der Waals surface area contributed by atoms with E-state index >= 15 is 0 Å². The summed E-state index contributed by atoms with van der Waals surface area (Å²) in [6, 6.07) is 0.312. The van der Waals surface area contributed by atoms with E-state index in [-0.39, 0.29) is 5.75 Å². The summed E-state index contributed by atoms with van der Waals surface area (Å²) in [7, 11) is -2.96. The largest absolute Gasteiger partial charge is 0.214 e. The van der Waals surface area contributed by atoms with Crippen LogP contribution >= 0.6 is 0 Å². The number of hydrogen-bond donors (Lipinski definition) is 0. The first-order chi connectivity index (χ1) is 5.97. The van der Waals surface area contributed by atoms with Crippen LogP contribution < -0.4 is 0 Å². The Morgan fingerprint density at radius 2 is 1.92 bits per heavy atom. The molecule has 0 radical (unpaired) electrons. The third kappa shape index (κ3) is 2.95. The molecule has 1 rings (SSSR count). The number of sulfonamides is 1. The third-order valence-electron chi connectivity index (χ3n) is 2.22. The molecule has 0 saturated heterocycles. The molecule has 0 amide bonds. The molecule has 1 saturated carbocycles. The highest BCUT2D eigenvalue weighted by molar-refractivity contribution is 7.89.